The molecular formula is C17H23NO4. The Morgan fingerprint density at radius 1 is 1.23 bits per heavy atom. The number of ether oxygens (including phenoxy) is 1. The Morgan fingerprint density at radius 3 is 2.41 bits per heavy atom. The van der Waals surface area contributed by atoms with Gasteiger partial charge in [-0.15, -0.1) is 0 Å². The van der Waals surface area contributed by atoms with Crippen molar-refractivity contribution in [3.8, 4) is 0 Å². The summed E-state index contributed by atoms with van der Waals surface area (Å²) in [4.78, 5) is 23.1. The molecule has 0 spiro atoms. The molecule has 0 bridgehead atoms. The number of nitrogens with one attached hydrogen (secondary N) is 1. The molecule has 1 aromatic carbocycles. The van der Waals surface area contributed by atoms with Crippen LogP contribution in [0.1, 0.15) is 48.0 Å². The van der Waals surface area contributed by atoms with Crippen molar-refractivity contribution < 1.29 is 19.4 Å². The summed E-state index contributed by atoms with van der Waals surface area (Å²) in [5, 5.41) is 11.7. The van der Waals surface area contributed by atoms with Crippen LogP contribution < -0.4 is 5.32 Å². The van der Waals surface area contributed by atoms with E-state index in [4.69, 9.17) is 9.84 Å². The van der Waals surface area contributed by atoms with Gasteiger partial charge in [0.2, 0.25) is 5.91 Å². The van der Waals surface area contributed by atoms with E-state index in [-0.39, 0.29) is 11.5 Å². The summed E-state index contributed by atoms with van der Waals surface area (Å²) >= 11 is 0. The van der Waals surface area contributed by atoms with Gasteiger partial charge in [0.15, 0.2) is 0 Å². The Hall–Kier alpha value is -1.88. The number of carbonyl (C=O) groups is 2. The molecule has 5 heteroatoms. The average molecular weight is 305 g/mol. The highest BCUT2D eigenvalue weighted by Gasteiger charge is 2.29. The number of hydrogen-bond donors (Lipinski definition) is 2. The van der Waals surface area contributed by atoms with Gasteiger partial charge in [-0.2, -0.15) is 0 Å². The van der Waals surface area contributed by atoms with E-state index < -0.39 is 12.1 Å². The van der Waals surface area contributed by atoms with E-state index in [1.165, 1.54) is 6.42 Å². The number of carbonyl (C=O) groups excluding carboxylic acids is 1. The first-order chi connectivity index (χ1) is 10.6. The molecular weight excluding hydrogens is 282 g/mol. The molecule has 1 unspecified atom stereocenters. The molecule has 2 N–H and O–H groups in total. The van der Waals surface area contributed by atoms with Gasteiger partial charge in [-0.25, -0.2) is 4.79 Å². The third kappa shape index (κ3) is 4.31. The van der Waals surface area contributed by atoms with Crippen molar-refractivity contribution in [3.05, 3.63) is 35.4 Å². The summed E-state index contributed by atoms with van der Waals surface area (Å²) in [7, 11) is 1.58. The van der Waals surface area contributed by atoms with Crippen molar-refractivity contribution in [1.29, 1.82) is 0 Å². The van der Waals surface area contributed by atoms with E-state index in [9.17, 15) is 9.59 Å². The van der Waals surface area contributed by atoms with Crippen LogP contribution in [0.25, 0.3) is 0 Å². The first-order valence-electron chi connectivity index (χ1n) is 7.74. The number of hydrogen-bond acceptors (Lipinski definition) is 3. The summed E-state index contributed by atoms with van der Waals surface area (Å²) in [6, 6.07) is 6.51. The van der Waals surface area contributed by atoms with Crippen molar-refractivity contribution in [1.82, 2.24) is 5.32 Å². The fraction of sp³-hybridized carbons (Fsp3) is 0.529. The largest absolute Gasteiger partial charge is 0.478 e. The fourth-order valence-electron chi connectivity index (χ4n) is 3.01. The van der Waals surface area contributed by atoms with E-state index in [0.717, 1.165) is 31.2 Å². The minimum absolute atomic E-state index is 0.0864. The zero-order valence-corrected chi connectivity index (χ0v) is 12.9. The van der Waals surface area contributed by atoms with Crippen LogP contribution in [0.15, 0.2) is 24.3 Å². The van der Waals surface area contributed by atoms with Gasteiger partial charge in [0.05, 0.1) is 5.56 Å². The van der Waals surface area contributed by atoms with Gasteiger partial charge in [0.1, 0.15) is 6.10 Å². The van der Waals surface area contributed by atoms with Crippen molar-refractivity contribution in [3.63, 3.8) is 0 Å². The van der Waals surface area contributed by atoms with Crippen molar-refractivity contribution >= 4 is 11.9 Å². The summed E-state index contributed by atoms with van der Waals surface area (Å²) in [5.41, 5.74) is 1.11. The van der Waals surface area contributed by atoms with Crippen LogP contribution in [0.5, 0.6) is 0 Å². The maximum atomic E-state index is 12.3. The van der Waals surface area contributed by atoms with Crippen LogP contribution in [0, 0.1) is 5.92 Å². The van der Waals surface area contributed by atoms with Gasteiger partial charge in [0, 0.05) is 13.7 Å². The molecule has 0 radical (unpaired) electrons. The molecule has 1 aliphatic carbocycles. The van der Waals surface area contributed by atoms with Crippen LogP contribution in [0.2, 0.25) is 0 Å². The maximum absolute atomic E-state index is 12.3. The summed E-state index contributed by atoms with van der Waals surface area (Å²) in [6.45, 7) is 0.380. The van der Waals surface area contributed by atoms with Gasteiger partial charge < -0.3 is 15.2 Å². The van der Waals surface area contributed by atoms with Gasteiger partial charge in [-0.05, 0) is 36.5 Å². The summed E-state index contributed by atoms with van der Waals surface area (Å²) < 4.78 is 5.40. The lowest BCUT2D eigenvalue weighted by Gasteiger charge is -2.28. The monoisotopic (exact) mass is 305 g/mol. The Balaban J connectivity index is 1.88. The van der Waals surface area contributed by atoms with Gasteiger partial charge in [-0.3, -0.25) is 4.79 Å². The fourth-order valence-corrected chi connectivity index (χ4v) is 3.01. The number of carboxylic acids is 1. The SMILES string of the molecule is COC(C(=O)NCc1ccc(C(=O)O)cc1)C1CCCCC1. The lowest BCUT2D eigenvalue weighted by Crippen LogP contribution is -2.41. The van der Waals surface area contributed by atoms with E-state index in [1.807, 2.05) is 0 Å². The van der Waals surface area contributed by atoms with Gasteiger partial charge >= 0.3 is 5.97 Å². The molecule has 1 amide bonds. The normalized spacial score (nSPS) is 17.0. The van der Waals surface area contributed by atoms with Crippen LogP contribution >= 0.6 is 0 Å². The zero-order valence-electron chi connectivity index (χ0n) is 12.9. The topological polar surface area (TPSA) is 75.6 Å². The number of carboxylic acid groups (broad SMARTS) is 1. The third-order valence-corrected chi connectivity index (χ3v) is 4.26. The molecule has 0 saturated heterocycles. The van der Waals surface area contributed by atoms with E-state index >= 15 is 0 Å². The minimum Gasteiger partial charge on any atom is -0.478 e. The smallest absolute Gasteiger partial charge is 0.335 e. The molecule has 1 aromatic rings. The second kappa shape index (κ2) is 7.94. The van der Waals surface area contributed by atoms with Crippen molar-refractivity contribution in [2.24, 2.45) is 5.92 Å². The molecule has 0 aliphatic heterocycles. The maximum Gasteiger partial charge on any atom is 0.335 e. The van der Waals surface area contributed by atoms with Gasteiger partial charge in [-0.1, -0.05) is 31.4 Å². The number of aromatic carboxylic acids is 1. The molecule has 1 atom stereocenters. The Morgan fingerprint density at radius 2 is 1.86 bits per heavy atom. The predicted octanol–water partition coefficient (Wildman–Crippen LogP) is 2.60. The number of benzene rings is 1. The lowest BCUT2D eigenvalue weighted by atomic mass is 9.85. The first kappa shape index (κ1) is 16.5. The highest BCUT2D eigenvalue weighted by molar-refractivity contribution is 5.87. The Labute approximate surface area is 130 Å². The Kier molecular flexibility index (Phi) is 5.95. The molecule has 5 nitrogen and oxygen atoms in total. The predicted molar refractivity (Wildman–Crippen MR) is 82.6 cm³/mol. The number of rotatable bonds is 6. The third-order valence-electron chi connectivity index (χ3n) is 4.26. The summed E-state index contributed by atoms with van der Waals surface area (Å²) in [6.07, 6.45) is 5.25. The van der Waals surface area contributed by atoms with Crippen LogP contribution in [0.3, 0.4) is 0 Å². The van der Waals surface area contributed by atoms with E-state index in [1.54, 1.807) is 31.4 Å². The second-order valence-corrected chi connectivity index (χ2v) is 5.77. The van der Waals surface area contributed by atoms with Crippen molar-refractivity contribution in [2.45, 2.75) is 44.8 Å². The molecule has 1 saturated carbocycles. The highest BCUT2D eigenvalue weighted by atomic mass is 16.5. The molecule has 2 rings (SSSR count). The van der Waals surface area contributed by atoms with Crippen LogP contribution in [0.4, 0.5) is 0 Å². The quantitative estimate of drug-likeness (QED) is 0.847. The number of methoxy groups -OCH3 is 1. The molecule has 0 heterocycles. The molecule has 120 valence electrons. The standard InChI is InChI=1S/C17H23NO4/c1-22-15(13-5-3-2-4-6-13)16(19)18-11-12-7-9-14(10-8-12)17(20)21/h7-10,13,15H,2-6,11H2,1H3,(H,18,19)(H,20,21). The molecule has 0 aromatic heterocycles. The molecule has 1 fully saturated rings. The Bertz CT molecular complexity index is 506. The van der Waals surface area contributed by atoms with Crippen LogP contribution in [-0.2, 0) is 16.1 Å². The molecule has 1 aliphatic rings. The minimum atomic E-state index is -0.952. The van der Waals surface area contributed by atoms with Crippen LogP contribution in [-0.4, -0.2) is 30.2 Å². The highest BCUT2D eigenvalue weighted by Crippen LogP contribution is 2.27. The van der Waals surface area contributed by atoms with Crippen molar-refractivity contribution in [2.75, 3.05) is 7.11 Å². The second-order valence-electron chi connectivity index (χ2n) is 5.77. The lowest BCUT2D eigenvalue weighted by molar-refractivity contribution is -0.135. The number of amides is 1. The zero-order chi connectivity index (χ0) is 15.9. The van der Waals surface area contributed by atoms with E-state index in [0.29, 0.717) is 12.5 Å². The van der Waals surface area contributed by atoms with E-state index in [2.05, 4.69) is 5.32 Å². The van der Waals surface area contributed by atoms with Gasteiger partial charge in [0.25, 0.3) is 0 Å². The summed E-state index contributed by atoms with van der Waals surface area (Å²) in [5.74, 6) is -0.739. The molecule has 22 heavy (non-hydrogen) atoms. The first-order valence-corrected chi connectivity index (χ1v) is 7.74. The average Bonchev–Trinajstić information content (AvgIpc) is 2.55.